The molecule has 0 aliphatic carbocycles. The monoisotopic (exact) mass is 441 g/mol. The molecule has 1 amide bonds. The number of fused-ring (bicyclic) bond motifs is 1. The molecule has 2 aromatic rings. The minimum atomic E-state index is -3.41. The number of hydrogen-bond acceptors (Lipinski definition) is 4. The van der Waals surface area contributed by atoms with Crippen LogP contribution < -0.4 is 10.2 Å². The number of sulfonamides is 1. The van der Waals surface area contributed by atoms with Gasteiger partial charge in [-0.3, -0.25) is 4.79 Å². The number of amides is 1. The van der Waals surface area contributed by atoms with Gasteiger partial charge in [0.05, 0.1) is 4.90 Å². The van der Waals surface area contributed by atoms with Crippen LogP contribution in [0.4, 0.5) is 11.4 Å². The highest BCUT2D eigenvalue weighted by molar-refractivity contribution is 7.89. The van der Waals surface area contributed by atoms with Crippen molar-refractivity contribution in [2.24, 2.45) is 0 Å². The van der Waals surface area contributed by atoms with Crippen molar-refractivity contribution in [3.63, 3.8) is 0 Å². The van der Waals surface area contributed by atoms with E-state index in [1.165, 1.54) is 11.3 Å². The van der Waals surface area contributed by atoms with E-state index in [0.717, 1.165) is 50.0 Å². The van der Waals surface area contributed by atoms with Crippen molar-refractivity contribution in [3.05, 3.63) is 53.6 Å². The maximum atomic E-state index is 12.8. The first-order valence-corrected chi connectivity index (χ1v) is 12.7. The molecule has 0 aromatic heterocycles. The molecule has 0 spiro atoms. The lowest BCUT2D eigenvalue weighted by Gasteiger charge is -2.25. The van der Waals surface area contributed by atoms with Gasteiger partial charge in [0.15, 0.2) is 0 Å². The molecule has 4 rings (SSSR count). The lowest BCUT2D eigenvalue weighted by molar-refractivity contribution is -0.116. The fraction of sp³-hybridized carbons (Fsp3) is 0.458. The SMILES string of the molecule is CCN1CCc2ccc(NC(=O)CCc3ccc(S(=O)(=O)N4CCCCC4)cc3)cc21. The van der Waals surface area contributed by atoms with E-state index in [9.17, 15) is 13.2 Å². The van der Waals surface area contributed by atoms with Crippen molar-refractivity contribution in [1.82, 2.24) is 4.31 Å². The lowest BCUT2D eigenvalue weighted by atomic mass is 10.1. The Balaban J connectivity index is 1.33. The molecule has 166 valence electrons. The highest BCUT2D eigenvalue weighted by atomic mass is 32.2. The normalized spacial score (nSPS) is 16.9. The Kier molecular flexibility index (Phi) is 6.62. The Bertz CT molecular complexity index is 1030. The molecule has 0 saturated carbocycles. The summed E-state index contributed by atoms with van der Waals surface area (Å²) in [7, 11) is -3.41. The van der Waals surface area contributed by atoms with Crippen molar-refractivity contribution in [2.45, 2.75) is 50.3 Å². The van der Waals surface area contributed by atoms with E-state index < -0.39 is 10.0 Å². The zero-order valence-corrected chi connectivity index (χ0v) is 19.0. The zero-order chi connectivity index (χ0) is 21.8. The molecule has 0 unspecified atom stereocenters. The van der Waals surface area contributed by atoms with Crippen LogP contribution in [0.15, 0.2) is 47.4 Å². The van der Waals surface area contributed by atoms with Gasteiger partial charge in [-0.1, -0.05) is 24.6 Å². The number of nitrogens with one attached hydrogen (secondary N) is 1. The summed E-state index contributed by atoms with van der Waals surface area (Å²) in [6.07, 6.45) is 4.92. The van der Waals surface area contributed by atoms with Gasteiger partial charge in [0.1, 0.15) is 0 Å². The molecular weight excluding hydrogens is 410 g/mol. The van der Waals surface area contributed by atoms with Gasteiger partial charge in [0.2, 0.25) is 15.9 Å². The van der Waals surface area contributed by atoms with Crippen LogP contribution in [-0.4, -0.2) is 44.8 Å². The van der Waals surface area contributed by atoms with E-state index in [2.05, 4.69) is 29.3 Å². The van der Waals surface area contributed by atoms with Gasteiger partial charge in [-0.05, 0) is 68.0 Å². The van der Waals surface area contributed by atoms with Crippen LogP contribution in [0.25, 0.3) is 0 Å². The van der Waals surface area contributed by atoms with E-state index in [1.54, 1.807) is 16.4 Å². The first kappa shape index (κ1) is 21.8. The van der Waals surface area contributed by atoms with Gasteiger partial charge in [0.25, 0.3) is 0 Å². The Morgan fingerprint density at radius 3 is 2.45 bits per heavy atom. The predicted octanol–water partition coefficient (Wildman–Crippen LogP) is 3.81. The number of anilines is 2. The number of benzene rings is 2. The van der Waals surface area contributed by atoms with E-state index in [4.69, 9.17) is 0 Å². The van der Waals surface area contributed by atoms with E-state index >= 15 is 0 Å². The van der Waals surface area contributed by atoms with Crippen LogP contribution in [-0.2, 0) is 27.7 Å². The van der Waals surface area contributed by atoms with Gasteiger partial charge in [0, 0.05) is 44.0 Å². The van der Waals surface area contributed by atoms with E-state index in [-0.39, 0.29) is 5.91 Å². The standard InChI is InChI=1S/C24H31N3O3S/c1-2-26-17-14-20-9-10-21(18-23(20)26)25-24(28)13-8-19-6-11-22(12-7-19)31(29,30)27-15-4-3-5-16-27/h6-7,9-12,18H,2-5,8,13-17H2,1H3,(H,25,28). The largest absolute Gasteiger partial charge is 0.371 e. The van der Waals surface area contributed by atoms with Gasteiger partial charge in [-0.15, -0.1) is 0 Å². The number of likely N-dealkylation sites (N-methyl/N-ethyl adjacent to an activating group) is 1. The first-order valence-electron chi connectivity index (χ1n) is 11.2. The third kappa shape index (κ3) is 4.93. The van der Waals surface area contributed by atoms with Gasteiger partial charge in [-0.25, -0.2) is 8.42 Å². The molecule has 0 bridgehead atoms. The quantitative estimate of drug-likeness (QED) is 0.709. The van der Waals surface area contributed by atoms with Crippen LogP contribution >= 0.6 is 0 Å². The van der Waals surface area contributed by atoms with Gasteiger partial charge >= 0.3 is 0 Å². The molecule has 0 atom stereocenters. The highest BCUT2D eigenvalue weighted by Gasteiger charge is 2.25. The highest BCUT2D eigenvalue weighted by Crippen LogP contribution is 2.30. The number of piperidine rings is 1. The maximum absolute atomic E-state index is 12.8. The van der Waals surface area contributed by atoms with E-state index in [1.807, 2.05) is 18.2 Å². The average Bonchev–Trinajstić information content (AvgIpc) is 3.21. The number of carbonyl (C=O) groups is 1. The number of aryl methyl sites for hydroxylation is 1. The molecule has 1 fully saturated rings. The molecule has 2 aliphatic heterocycles. The van der Waals surface area contributed by atoms with Crippen LogP contribution in [0, 0.1) is 0 Å². The van der Waals surface area contributed by atoms with Crippen LogP contribution in [0.1, 0.15) is 43.7 Å². The summed E-state index contributed by atoms with van der Waals surface area (Å²) in [6.45, 7) is 5.34. The predicted molar refractivity (Wildman–Crippen MR) is 124 cm³/mol. The summed E-state index contributed by atoms with van der Waals surface area (Å²) >= 11 is 0. The summed E-state index contributed by atoms with van der Waals surface area (Å²) in [5, 5.41) is 3.00. The first-order chi connectivity index (χ1) is 15.0. The molecule has 7 heteroatoms. The summed E-state index contributed by atoms with van der Waals surface area (Å²) < 4.78 is 27.1. The Morgan fingerprint density at radius 2 is 1.74 bits per heavy atom. The van der Waals surface area contributed by atoms with Gasteiger partial charge < -0.3 is 10.2 Å². The Hall–Kier alpha value is -2.38. The third-order valence-corrected chi connectivity index (χ3v) is 8.17. The Morgan fingerprint density at radius 1 is 1.00 bits per heavy atom. The van der Waals surface area contributed by atoms with Crippen molar-refractivity contribution in [1.29, 1.82) is 0 Å². The van der Waals surface area contributed by atoms with Crippen LogP contribution in [0.5, 0.6) is 0 Å². The number of nitrogens with zero attached hydrogens (tertiary/aromatic N) is 2. The van der Waals surface area contributed by atoms with Crippen LogP contribution in [0.3, 0.4) is 0 Å². The molecule has 2 heterocycles. The minimum Gasteiger partial charge on any atom is -0.371 e. The fourth-order valence-corrected chi connectivity index (χ4v) is 5.93. The second-order valence-electron chi connectivity index (χ2n) is 8.33. The minimum absolute atomic E-state index is 0.0361. The lowest BCUT2D eigenvalue weighted by Crippen LogP contribution is -2.35. The van der Waals surface area contributed by atoms with Crippen molar-refractivity contribution >= 4 is 27.3 Å². The number of hydrogen-bond donors (Lipinski definition) is 1. The number of carbonyl (C=O) groups excluding carboxylic acids is 1. The second kappa shape index (κ2) is 9.40. The second-order valence-corrected chi connectivity index (χ2v) is 10.3. The van der Waals surface area contributed by atoms with Gasteiger partial charge in [-0.2, -0.15) is 4.31 Å². The van der Waals surface area contributed by atoms with Crippen molar-refractivity contribution in [3.8, 4) is 0 Å². The summed E-state index contributed by atoms with van der Waals surface area (Å²) in [4.78, 5) is 15.1. The molecular formula is C24H31N3O3S. The van der Waals surface area contributed by atoms with Crippen molar-refractivity contribution in [2.75, 3.05) is 36.4 Å². The molecule has 6 nitrogen and oxygen atoms in total. The smallest absolute Gasteiger partial charge is 0.243 e. The maximum Gasteiger partial charge on any atom is 0.243 e. The molecule has 1 saturated heterocycles. The summed E-state index contributed by atoms with van der Waals surface area (Å²) in [5.41, 5.74) is 4.33. The van der Waals surface area contributed by atoms with E-state index in [0.29, 0.717) is 30.8 Å². The average molecular weight is 442 g/mol. The number of rotatable bonds is 7. The molecule has 2 aromatic carbocycles. The van der Waals surface area contributed by atoms with Crippen LogP contribution in [0.2, 0.25) is 0 Å². The Labute approximate surface area is 185 Å². The van der Waals surface area contributed by atoms with Crippen molar-refractivity contribution < 1.29 is 13.2 Å². The zero-order valence-electron chi connectivity index (χ0n) is 18.1. The topological polar surface area (TPSA) is 69.7 Å². The molecule has 1 N–H and O–H groups in total. The third-order valence-electron chi connectivity index (χ3n) is 6.26. The fourth-order valence-electron chi connectivity index (χ4n) is 4.42. The molecule has 2 aliphatic rings. The molecule has 0 radical (unpaired) electrons. The molecule has 31 heavy (non-hydrogen) atoms. The summed E-state index contributed by atoms with van der Waals surface area (Å²) in [6, 6.07) is 13.1. The summed E-state index contributed by atoms with van der Waals surface area (Å²) in [5.74, 6) is -0.0361.